The van der Waals surface area contributed by atoms with Gasteiger partial charge in [0.05, 0.1) is 0 Å². The van der Waals surface area contributed by atoms with Crippen LogP contribution in [0.15, 0.2) is 42.7 Å². The first-order valence-corrected chi connectivity index (χ1v) is 6.87. The monoisotopic (exact) mass is 279 g/mol. The minimum absolute atomic E-state index is 0.190. The molecule has 0 aliphatic heterocycles. The lowest BCUT2D eigenvalue weighted by Crippen LogP contribution is -2.13. The second kappa shape index (κ2) is 5.05. The molecule has 1 aromatic carbocycles. The first-order chi connectivity index (χ1) is 10.0. The van der Waals surface area contributed by atoms with E-state index in [1.165, 1.54) is 0 Å². The number of fused-ring (bicyclic) bond motifs is 1. The molecule has 3 rings (SSSR count). The average Bonchev–Trinajstić information content (AvgIpc) is 2.86. The quantitative estimate of drug-likeness (QED) is 0.780. The second-order valence-corrected chi connectivity index (χ2v) is 5.37. The van der Waals surface area contributed by atoms with Crippen LogP contribution in [0.4, 0.5) is 5.69 Å². The van der Waals surface area contributed by atoms with Gasteiger partial charge < -0.3 is 9.72 Å². The van der Waals surface area contributed by atoms with E-state index in [1.807, 2.05) is 61.7 Å². The molecule has 0 fully saturated rings. The van der Waals surface area contributed by atoms with Crippen molar-refractivity contribution >= 4 is 17.2 Å². The summed E-state index contributed by atoms with van der Waals surface area (Å²) in [4.78, 5) is 16.7. The number of carbonyl (C=O) groups excluding carboxylic acids is 1. The van der Waals surface area contributed by atoms with E-state index in [9.17, 15) is 4.79 Å². The minimum Gasteiger partial charge on any atom is -0.320 e. The lowest BCUT2D eigenvalue weighted by Gasteiger charge is -2.07. The Balaban J connectivity index is 1.91. The van der Waals surface area contributed by atoms with Crippen molar-refractivity contribution in [2.75, 3.05) is 5.32 Å². The lowest BCUT2D eigenvalue weighted by molar-refractivity contribution is 0.102. The predicted molar refractivity (Wildman–Crippen MR) is 83.8 cm³/mol. The van der Waals surface area contributed by atoms with Crippen molar-refractivity contribution in [2.24, 2.45) is 0 Å². The number of amides is 1. The molecule has 0 unspecified atom stereocenters. The van der Waals surface area contributed by atoms with Crippen LogP contribution in [-0.4, -0.2) is 15.3 Å². The van der Waals surface area contributed by atoms with Crippen molar-refractivity contribution in [1.29, 1.82) is 0 Å². The number of rotatable bonds is 2. The van der Waals surface area contributed by atoms with Crippen LogP contribution in [0.3, 0.4) is 0 Å². The summed E-state index contributed by atoms with van der Waals surface area (Å²) in [6.07, 6.45) is 3.65. The van der Waals surface area contributed by atoms with Crippen molar-refractivity contribution in [1.82, 2.24) is 9.38 Å². The Morgan fingerprint density at radius 1 is 1.10 bits per heavy atom. The molecule has 106 valence electrons. The molecule has 0 radical (unpaired) electrons. The third-order valence-corrected chi connectivity index (χ3v) is 3.49. The topological polar surface area (TPSA) is 46.4 Å². The molecule has 2 aromatic heterocycles. The number of nitrogens with zero attached hydrogens (tertiary/aromatic N) is 2. The minimum atomic E-state index is -0.190. The molecule has 1 amide bonds. The number of hydrogen-bond acceptors (Lipinski definition) is 2. The smallest absolute Gasteiger partial charge is 0.275 e. The summed E-state index contributed by atoms with van der Waals surface area (Å²) in [6, 6.07) is 9.93. The number of aryl methyl sites for hydroxylation is 3. The van der Waals surface area contributed by atoms with E-state index >= 15 is 0 Å². The Morgan fingerprint density at radius 2 is 1.86 bits per heavy atom. The molecule has 21 heavy (non-hydrogen) atoms. The third kappa shape index (κ3) is 2.65. The van der Waals surface area contributed by atoms with Gasteiger partial charge in [-0.15, -0.1) is 0 Å². The Kier molecular flexibility index (Phi) is 3.22. The van der Waals surface area contributed by atoms with Gasteiger partial charge in [0.15, 0.2) is 0 Å². The van der Waals surface area contributed by atoms with Gasteiger partial charge in [0.2, 0.25) is 0 Å². The van der Waals surface area contributed by atoms with E-state index in [0.717, 1.165) is 28.0 Å². The maximum absolute atomic E-state index is 12.3. The zero-order valence-corrected chi connectivity index (χ0v) is 12.3. The van der Waals surface area contributed by atoms with Crippen LogP contribution >= 0.6 is 0 Å². The normalized spacial score (nSPS) is 10.8. The highest BCUT2D eigenvalue weighted by atomic mass is 16.1. The summed E-state index contributed by atoms with van der Waals surface area (Å²) < 4.78 is 1.85. The van der Waals surface area contributed by atoms with E-state index in [1.54, 1.807) is 6.20 Å². The summed E-state index contributed by atoms with van der Waals surface area (Å²) >= 11 is 0. The molecule has 0 saturated heterocycles. The molecule has 4 heteroatoms. The zero-order chi connectivity index (χ0) is 15.0. The lowest BCUT2D eigenvalue weighted by atomic mass is 10.1. The molecule has 4 nitrogen and oxygen atoms in total. The Hall–Kier alpha value is -2.62. The van der Waals surface area contributed by atoms with Crippen LogP contribution in [0, 0.1) is 20.8 Å². The van der Waals surface area contributed by atoms with Crippen LogP contribution in [0.1, 0.15) is 27.2 Å². The number of benzene rings is 1. The summed E-state index contributed by atoms with van der Waals surface area (Å²) in [5.41, 5.74) is 5.29. The SMILES string of the molecule is Cc1ccc(C)c(NC(=O)c2cn3ccc(C)cc3n2)c1. The fraction of sp³-hybridized carbons (Fsp3) is 0.176. The molecule has 3 aromatic rings. The van der Waals surface area contributed by atoms with Gasteiger partial charge in [0.1, 0.15) is 11.3 Å². The van der Waals surface area contributed by atoms with Crippen molar-refractivity contribution in [3.05, 3.63) is 65.1 Å². The molecule has 0 aliphatic rings. The number of pyridine rings is 1. The van der Waals surface area contributed by atoms with E-state index in [-0.39, 0.29) is 5.91 Å². The van der Waals surface area contributed by atoms with Gasteiger partial charge in [-0.1, -0.05) is 12.1 Å². The molecule has 0 bridgehead atoms. The number of hydrogen-bond donors (Lipinski definition) is 1. The largest absolute Gasteiger partial charge is 0.320 e. The Labute approximate surface area is 123 Å². The molecule has 0 saturated carbocycles. The number of carbonyl (C=O) groups is 1. The summed E-state index contributed by atoms with van der Waals surface area (Å²) in [5, 5.41) is 2.93. The molecule has 0 atom stereocenters. The highest BCUT2D eigenvalue weighted by Crippen LogP contribution is 2.17. The standard InChI is InChI=1S/C17H17N3O/c1-11-4-5-13(3)14(8-11)19-17(21)15-10-20-7-6-12(2)9-16(20)18-15/h4-10H,1-3H3,(H,19,21). The Morgan fingerprint density at radius 3 is 2.67 bits per heavy atom. The first-order valence-electron chi connectivity index (χ1n) is 6.87. The van der Waals surface area contributed by atoms with Crippen LogP contribution in [0.25, 0.3) is 5.65 Å². The highest BCUT2D eigenvalue weighted by Gasteiger charge is 2.12. The molecular formula is C17H17N3O. The van der Waals surface area contributed by atoms with E-state index < -0.39 is 0 Å². The predicted octanol–water partition coefficient (Wildman–Crippen LogP) is 3.51. The van der Waals surface area contributed by atoms with Crippen molar-refractivity contribution in [3.63, 3.8) is 0 Å². The van der Waals surface area contributed by atoms with Crippen LogP contribution in [0.5, 0.6) is 0 Å². The van der Waals surface area contributed by atoms with Crippen LogP contribution < -0.4 is 5.32 Å². The number of anilines is 1. The molecule has 0 aliphatic carbocycles. The van der Waals surface area contributed by atoms with Gasteiger partial charge in [-0.3, -0.25) is 4.79 Å². The summed E-state index contributed by atoms with van der Waals surface area (Å²) in [6.45, 7) is 5.98. The van der Waals surface area contributed by atoms with Gasteiger partial charge in [-0.2, -0.15) is 0 Å². The molecule has 2 heterocycles. The fourth-order valence-electron chi connectivity index (χ4n) is 2.25. The summed E-state index contributed by atoms with van der Waals surface area (Å²) in [5.74, 6) is -0.190. The van der Waals surface area contributed by atoms with Crippen LogP contribution in [0.2, 0.25) is 0 Å². The number of aromatic nitrogens is 2. The van der Waals surface area contributed by atoms with Gasteiger partial charge in [0, 0.05) is 18.1 Å². The van der Waals surface area contributed by atoms with Gasteiger partial charge in [-0.25, -0.2) is 4.98 Å². The van der Waals surface area contributed by atoms with Crippen molar-refractivity contribution in [3.8, 4) is 0 Å². The number of imidazole rings is 1. The zero-order valence-electron chi connectivity index (χ0n) is 12.3. The molecule has 0 spiro atoms. The van der Waals surface area contributed by atoms with E-state index in [2.05, 4.69) is 10.3 Å². The van der Waals surface area contributed by atoms with E-state index in [0.29, 0.717) is 5.69 Å². The summed E-state index contributed by atoms with van der Waals surface area (Å²) in [7, 11) is 0. The molecular weight excluding hydrogens is 262 g/mol. The second-order valence-electron chi connectivity index (χ2n) is 5.37. The van der Waals surface area contributed by atoms with E-state index in [4.69, 9.17) is 0 Å². The third-order valence-electron chi connectivity index (χ3n) is 3.49. The Bertz CT molecular complexity index is 833. The average molecular weight is 279 g/mol. The van der Waals surface area contributed by atoms with Gasteiger partial charge >= 0.3 is 0 Å². The molecule has 1 N–H and O–H groups in total. The van der Waals surface area contributed by atoms with Crippen LogP contribution in [-0.2, 0) is 0 Å². The first kappa shape index (κ1) is 13.4. The number of nitrogens with one attached hydrogen (secondary N) is 1. The maximum Gasteiger partial charge on any atom is 0.275 e. The highest BCUT2D eigenvalue weighted by molar-refractivity contribution is 6.03. The van der Waals surface area contributed by atoms with Crippen molar-refractivity contribution < 1.29 is 4.79 Å². The van der Waals surface area contributed by atoms with Gasteiger partial charge in [0.25, 0.3) is 5.91 Å². The fourth-order valence-corrected chi connectivity index (χ4v) is 2.25. The maximum atomic E-state index is 12.3. The van der Waals surface area contributed by atoms with Crippen molar-refractivity contribution in [2.45, 2.75) is 20.8 Å². The van der Waals surface area contributed by atoms with Gasteiger partial charge in [-0.05, 0) is 55.7 Å².